The summed E-state index contributed by atoms with van der Waals surface area (Å²) in [6.07, 6.45) is 4.80. The Kier molecular flexibility index (Phi) is 4.83. The molecule has 2 aromatic carbocycles. The minimum atomic E-state index is -0.733. The second-order valence-corrected chi connectivity index (χ2v) is 8.78. The lowest BCUT2D eigenvalue weighted by molar-refractivity contribution is 0.100. The number of benzene rings is 2. The Morgan fingerprint density at radius 2 is 2.00 bits per heavy atom. The Labute approximate surface area is 159 Å². The summed E-state index contributed by atoms with van der Waals surface area (Å²) >= 11 is 0. The minimum Gasteiger partial charge on any atom is -0.366 e. The van der Waals surface area contributed by atoms with Gasteiger partial charge in [0, 0.05) is 33.9 Å². The van der Waals surface area contributed by atoms with E-state index in [9.17, 15) is 13.4 Å². The summed E-state index contributed by atoms with van der Waals surface area (Å²) in [6.45, 7) is 0. The van der Waals surface area contributed by atoms with Crippen LogP contribution in [0.1, 0.15) is 28.8 Å². The van der Waals surface area contributed by atoms with Gasteiger partial charge < -0.3 is 10.7 Å². The van der Waals surface area contributed by atoms with E-state index in [2.05, 4.69) is 4.98 Å². The predicted octanol–water partition coefficient (Wildman–Crippen LogP) is 3.77. The molecule has 1 aromatic heterocycles. The Morgan fingerprint density at radius 3 is 2.70 bits per heavy atom. The summed E-state index contributed by atoms with van der Waals surface area (Å²) in [5.41, 5.74) is 9.49. The summed E-state index contributed by atoms with van der Waals surface area (Å²) in [5, 5.41) is 0.946. The SMILES string of the molecule is NC(=O)c1cc(-c2ccc(F)cc2)cc2c(CC3CCCS(=O)C3)c[nH]c12. The number of primary amides is 1. The van der Waals surface area contributed by atoms with Crippen LogP contribution in [0.3, 0.4) is 0 Å². The number of amides is 1. The van der Waals surface area contributed by atoms with Gasteiger partial charge in [0.15, 0.2) is 0 Å². The second-order valence-electron chi connectivity index (χ2n) is 7.15. The van der Waals surface area contributed by atoms with Crippen molar-refractivity contribution in [2.24, 2.45) is 11.7 Å². The van der Waals surface area contributed by atoms with Gasteiger partial charge in [-0.05, 0) is 66.1 Å². The van der Waals surface area contributed by atoms with Crippen LogP contribution in [-0.2, 0) is 17.2 Å². The zero-order chi connectivity index (χ0) is 19.0. The number of rotatable bonds is 4. The third-order valence-electron chi connectivity index (χ3n) is 5.23. The molecule has 2 heterocycles. The van der Waals surface area contributed by atoms with Crippen LogP contribution in [0.5, 0.6) is 0 Å². The lowest BCUT2D eigenvalue weighted by Gasteiger charge is -2.20. The Morgan fingerprint density at radius 1 is 1.22 bits per heavy atom. The quantitative estimate of drug-likeness (QED) is 0.718. The molecule has 2 unspecified atom stereocenters. The Hall–Kier alpha value is -2.47. The van der Waals surface area contributed by atoms with E-state index in [1.54, 1.807) is 18.2 Å². The number of carbonyl (C=O) groups is 1. The van der Waals surface area contributed by atoms with Gasteiger partial charge in [-0.25, -0.2) is 4.39 Å². The van der Waals surface area contributed by atoms with E-state index in [0.717, 1.165) is 58.4 Å². The van der Waals surface area contributed by atoms with Gasteiger partial charge in [0.2, 0.25) is 0 Å². The highest BCUT2D eigenvalue weighted by Gasteiger charge is 2.21. The lowest BCUT2D eigenvalue weighted by atomic mass is 9.93. The molecule has 3 aromatic rings. The number of hydrogen-bond acceptors (Lipinski definition) is 2. The van der Waals surface area contributed by atoms with Crippen LogP contribution in [0.15, 0.2) is 42.6 Å². The number of nitrogens with two attached hydrogens (primary N) is 1. The number of hydrogen-bond donors (Lipinski definition) is 2. The van der Waals surface area contributed by atoms with Crippen molar-refractivity contribution in [3.05, 3.63) is 59.5 Å². The van der Waals surface area contributed by atoms with Gasteiger partial charge in [-0.15, -0.1) is 0 Å². The molecule has 0 bridgehead atoms. The van der Waals surface area contributed by atoms with Crippen molar-refractivity contribution >= 4 is 27.6 Å². The fourth-order valence-electron chi connectivity index (χ4n) is 3.89. The first kappa shape index (κ1) is 17.9. The Bertz CT molecular complexity index is 1030. The van der Waals surface area contributed by atoms with E-state index < -0.39 is 16.7 Å². The van der Waals surface area contributed by atoms with Gasteiger partial charge in [-0.3, -0.25) is 9.00 Å². The van der Waals surface area contributed by atoms with Gasteiger partial charge in [0.1, 0.15) is 5.82 Å². The smallest absolute Gasteiger partial charge is 0.250 e. The monoisotopic (exact) mass is 384 g/mol. The molecule has 1 aliphatic rings. The first-order valence-electron chi connectivity index (χ1n) is 9.06. The molecule has 1 amide bonds. The average Bonchev–Trinajstić information content (AvgIpc) is 3.04. The van der Waals surface area contributed by atoms with Crippen molar-refractivity contribution in [1.29, 1.82) is 0 Å². The summed E-state index contributed by atoms with van der Waals surface area (Å²) in [4.78, 5) is 15.2. The van der Waals surface area contributed by atoms with E-state index >= 15 is 0 Å². The molecule has 1 aliphatic heterocycles. The summed E-state index contributed by atoms with van der Waals surface area (Å²) in [7, 11) is -0.733. The molecule has 1 fully saturated rings. The number of aromatic amines is 1. The number of carbonyl (C=O) groups excluding carboxylic acids is 1. The summed E-state index contributed by atoms with van der Waals surface area (Å²) < 4.78 is 25.2. The maximum absolute atomic E-state index is 13.3. The minimum absolute atomic E-state index is 0.303. The van der Waals surface area contributed by atoms with E-state index in [4.69, 9.17) is 5.73 Å². The number of nitrogens with one attached hydrogen (secondary N) is 1. The van der Waals surface area contributed by atoms with Crippen LogP contribution in [0.25, 0.3) is 22.0 Å². The largest absolute Gasteiger partial charge is 0.366 e. The van der Waals surface area contributed by atoms with E-state index in [1.165, 1.54) is 12.1 Å². The van der Waals surface area contributed by atoms with Crippen LogP contribution in [0.2, 0.25) is 0 Å². The molecule has 0 radical (unpaired) electrons. The molecule has 3 N–H and O–H groups in total. The number of halogens is 1. The van der Waals surface area contributed by atoms with Gasteiger partial charge >= 0.3 is 0 Å². The van der Waals surface area contributed by atoms with Crippen molar-refractivity contribution in [2.45, 2.75) is 19.3 Å². The maximum Gasteiger partial charge on any atom is 0.250 e. The topological polar surface area (TPSA) is 76.0 Å². The van der Waals surface area contributed by atoms with E-state index in [-0.39, 0.29) is 5.82 Å². The molecule has 1 saturated heterocycles. The summed E-state index contributed by atoms with van der Waals surface area (Å²) in [6, 6.07) is 9.95. The van der Waals surface area contributed by atoms with Crippen molar-refractivity contribution in [1.82, 2.24) is 4.98 Å². The molecule has 0 aliphatic carbocycles. The fraction of sp³-hybridized carbons (Fsp3) is 0.286. The van der Waals surface area contributed by atoms with Crippen LogP contribution in [0, 0.1) is 11.7 Å². The number of aromatic nitrogens is 1. The van der Waals surface area contributed by atoms with Gasteiger partial charge in [0.05, 0.1) is 11.1 Å². The van der Waals surface area contributed by atoms with Gasteiger partial charge in [0.25, 0.3) is 5.91 Å². The zero-order valence-corrected chi connectivity index (χ0v) is 15.7. The molecule has 140 valence electrons. The molecule has 2 atom stereocenters. The molecule has 4 nitrogen and oxygen atoms in total. The molecule has 4 rings (SSSR count). The van der Waals surface area contributed by atoms with Gasteiger partial charge in [-0.2, -0.15) is 0 Å². The van der Waals surface area contributed by atoms with Crippen molar-refractivity contribution in [3.8, 4) is 11.1 Å². The molecule has 27 heavy (non-hydrogen) atoms. The third-order valence-corrected chi connectivity index (χ3v) is 6.82. The number of H-pyrrole nitrogens is 1. The maximum atomic E-state index is 13.3. The van der Waals surface area contributed by atoms with E-state index in [1.807, 2.05) is 12.3 Å². The molecule has 0 saturated carbocycles. The third kappa shape index (κ3) is 3.67. The lowest BCUT2D eigenvalue weighted by Crippen LogP contribution is -2.21. The molecule has 6 heteroatoms. The predicted molar refractivity (Wildman–Crippen MR) is 107 cm³/mol. The van der Waals surface area contributed by atoms with Crippen molar-refractivity contribution < 1.29 is 13.4 Å². The standard InChI is InChI=1S/C21H21FN2O2S/c22-17-5-3-14(4-6-17)15-9-18-16(8-13-2-1-7-27(26)12-13)11-24-20(18)19(10-15)21(23)25/h3-6,9-11,13,24H,1-2,7-8,12H2,(H2,23,25). The zero-order valence-electron chi connectivity index (χ0n) is 14.8. The highest BCUT2D eigenvalue weighted by atomic mass is 32.2. The van der Waals surface area contributed by atoms with Gasteiger partial charge in [-0.1, -0.05) is 12.1 Å². The second kappa shape index (κ2) is 7.27. The molecular formula is C21H21FN2O2S. The van der Waals surface area contributed by atoms with Crippen LogP contribution < -0.4 is 5.73 Å². The average molecular weight is 384 g/mol. The van der Waals surface area contributed by atoms with Crippen LogP contribution >= 0.6 is 0 Å². The van der Waals surface area contributed by atoms with Crippen LogP contribution in [-0.4, -0.2) is 26.6 Å². The first-order valence-corrected chi connectivity index (χ1v) is 10.5. The van der Waals surface area contributed by atoms with E-state index in [0.29, 0.717) is 11.5 Å². The normalized spacial score (nSPS) is 20.0. The Balaban J connectivity index is 1.78. The highest BCUT2D eigenvalue weighted by Crippen LogP contribution is 2.32. The highest BCUT2D eigenvalue weighted by molar-refractivity contribution is 7.85. The van der Waals surface area contributed by atoms with Crippen molar-refractivity contribution in [2.75, 3.05) is 11.5 Å². The summed E-state index contributed by atoms with van der Waals surface area (Å²) in [5.74, 6) is 1.10. The molecular weight excluding hydrogens is 363 g/mol. The number of fused-ring (bicyclic) bond motifs is 1. The fourth-order valence-corrected chi connectivity index (χ4v) is 5.36. The molecule has 0 spiro atoms. The van der Waals surface area contributed by atoms with Crippen molar-refractivity contribution in [3.63, 3.8) is 0 Å². The van der Waals surface area contributed by atoms with Crippen LogP contribution in [0.4, 0.5) is 4.39 Å². The first-order chi connectivity index (χ1) is 13.0.